The van der Waals surface area contributed by atoms with Crippen LogP contribution >= 0.6 is 0 Å². The van der Waals surface area contributed by atoms with Crippen molar-refractivity contribution in [3.05, 3.63) is 35.6 Å². The summed E-state index contributed by atoms with van der Waals surface area (Å²) >= 11 is 0. The van der Waals surface area contributed by atoms with Crippen molar-refractivity contribution >= 4 is 0 Å². The average Bonchev–Trinajstić information content (AvgIpc) is 2.85. The second-order valence-corrected chi connectivity index (χ2v) is 5.89. The Kier molecular flexibility index (Phi) is 4.94. The van der Waals surface area contributed by atoms with Gasteiger partial charge in [-0.25, -0.2) is 4.39 Å². The molecule has 1 N–H and O–H groups in total. The summed E-state index contributed by atoms with van der Waals surface area (Å²) in [6.07, 6.45) is 1.25. The highest BCUT2D eigenvalue weighted by Crippen LogP contribution is 2.20. The van der Waals surface area contributed by atoms with E-state index in [1.54, 1.807) is 6.07 Å². The summed E-state index contributed by atoms with van der Waals surface area (Å²) in [5, 5.41) is 3.47. The zero-order valence-electron chi connectivity index (χ0n) is 12.2. The molecule has 1 aliphatic rings. The maximum absolute atomic E-state index is 13.7. The van der Waals surface area contributed by atoms with Crippen LogP contribution in [0, 0.1) is 11.7 Å². The molecule has 1 aromatic carbocycles. The summed E-state index contributed by atoms with van der Waals surface area (Å²) in [5.41, 5.74) is 0.765. The van der Waals surface area contributed by atoms with Gasteiger partial charge in [-0.3, -0.25) is 0 Å². The minimum atomic E-state index is -0.113. The molecule has 0 bridgehead atoms. The molecule has 1 aliphatic heterocycles. The van der Waals surface area contributed by atoms with E-state index in [1.807, 2.05) is 19.1 Å². The molecule has 2 unspecified atom stereocenters. The van der Waals surface area contributed by atoms with E-state index in [2.05, 4.69) is 24.1 Å². The first kappa shape index (κ1) is 14.5. The predicted molar refractivity (Wildman–Crippen MR) is 77.6 cm³/mol. The van der Waals surface area contributed by atoms with Gasteiger partial charge in [0.25, 0.3) is 0 Å². The number of rotatable bonds is 5. The molecule has 19 heavy (non-hydrogen) atoms. The first-order valence-electron chi connectivity index (χ1n) is 7.29. The highest BCUT2D eigenvalue weighted by atomic mass is 19.1. The standard InChI is InChI=1S/C16H25FN2/c1-12(2)19-9-8-14(11-19)10-18-13(3)15-6-4-5-7-16(15)17/h4-7,12-14,18H,8-11H2,1-3H3. The lowest BCUT2D eigenvalue weighted by Gasteiger charge is -2.21. The fraction of sp³-hybridized carbons (Fsp3) is 0.625. The van der Waals surface area contributed by atoms with Gasteiger partial charge in [-0.1, -0.05) is 18.2 Å². The quantitative estimate of drug-likeness (QED) is 0.878. The highest BCUT2D eigenvalue weighted by molar-refractivity contribution is 5.20. The molecule has 3 heteroatoms. The number of likely N-dealkylation sites (tertiary alicyclic amines) is 1. The zero-order chi connectivity index (χ0) is 13.8. The Bertz CT molecular complexity index is 405. The summed E-state index contributed by atoms with van der Waals surface area (Å²) in [6.45, 7) is 9.86. The second-order valence-electron chi connectivity index (χ2n) is 5.89. The van der Waals surface area contributed by atoms with Crippen molar-refractivity contribution in [1.29, 1.82) is 0 Å². The van der Waals surface area contributed by atoms with E-state index < -0.39 is 0 Å². The van der Waals surface area contributed by atoms with Crippen LogP contribution < -0.4 is 5.32 Å². The Labute approximate surface area is 116 Å². The van der Waals surface area contributed by atoms with Crippen LogP contribution in [-0.2, 0) is 0 Å². The summed E-state index contributed by atoms with van der Waals surface area (Å²) in [7, 11) is 0. The highest BCUT2D eigenvalue weighted by Gasteiger charge is 2.24. The number of nitrogens with one attached hydrogen (secondary N) is 1. The minimum absolute atomic E-state index is 0.0781. The van der Waals surface area contributed by atoms with E-state index in [9.17, 15) is 4.39 Å². The third kappa shape index (κ3) is 3.77. The van der Waals surface area contributed by atoms with Crippen molar-refractivity contribution in [3.8, 4) is 0 Å². The van der Waals surface area contributed by atoms with Gasteiger partial charge in [0.2, 0.25) is 0 Å². The van der Waals surface area contributed by atoms with Crippen LogP contribution in [0.15, 0.2) is 24.3 Å². The summed E-state index contributed by atoms with van der Waals surface area (Å²) in [6, 6.07) is 7.74. The van der Waals surface area contributed by atoms with Crippen molar-refractivity contribution in [3.63, 3.8) is 0 Å². The van der Waals surface area contributed by atoms with Crippen molar-refractivity contribution in [1.82, 2.24) is 10.2 Å². The lowest BCUT2D eigenvalue weighted by atomic mass is 10.1. The topological polar surface area (TPSA) is 15.3 Å². The normalized spacial score (nSPS) is 22.1. The van der Waals surface area contributed by atoms with E-state index >= 15 is 0 Å². The van der Waals surface area contributed by atoms with Crippen molar-refractivity contribution < 1.29 is 4.39 Å². The van der Waals surface area contributed by atoms with E-state index in [1.165, 1.54) is 19.0 Å². The molecule has 0 radical (unpaired) electrons. The van der Waals surface area contributed by atoms with E-state index in [0.717, 1.165) is 18.7 Å². The van der Waals surface area contributed by atoms with Crippen LogP contribution in [-0.4, -0.2) is 30.6 Å². The molecule has 106 valence electrons. The number of benzene rings is 1. The number of hydrogen-bond acceptors (Lipinski definition) is 2. The zero-order valence-corrected chi connectivity index (χ0v) is 12.2. The van der Waals surface area contributed by atoms with Crippen LogP contribution in [0.25, 0.3) is 0 Å². The van der Waals surface area contributed by atoms with Gasteiger partial charge in [0.15, 0.2) is 0 Å². The molecule has 2 nitrogen and oxygen atoms in total. The van der Waals surface area contributed by atoms with Crippen molar-refractivity contribution in [2.75, 3.05) is 19.6 Å². The molecule has 1 heterocycles. The summed E-state index contributed by atoms with van der Waals surface area (Å²) in [4.78, 5) is 2.51. The molecular formula is C16H25FN2. The molecule has 0 saturated carbocycles. The van der Waals surface area contributed by atoms with Gasteiger partial charge in [0, 0.05) is 24.2 Å². The SMILES string of the molecule is CC(NCC1CCN(C(C)C)C1)c1ccccc1F. The lowest BCUT2D eigenvalue weighted by molar-refractivity contribution is 0.263. The number of hydrogen-bond donors (Lipinski definition) is 1. The molecule has 0 amide bonds. The van der Waals surface area contributed by atoms with Gasteiger partial charge < -0.3 is 10.2 Å². The van der Waals surface area contributed by atoms with Gasteiger partial charge in [0.1, 0.15) is 5.82 Å². The molecule has 0 spiro atoms. The fourth-order valence-corrected chi connectivity index (χ4v) is 2.78. The predicted octanol–water partition coefficient (Wildman–Crippen LogP) is 3.21. The monoisotopic (exact) mass is 264 g/mol. The van der Waals surface area contributed by atoms with Gasteiger partial charge in [0.05, 0.1) is 0 Å². The Hall–Kier alpha value is -0.930. The Balaban J connectivity index is 1.82. The van der Waals surface area contributed by atoms with E-state index in [4.69, 9.17) is 0 Å². The van der Waals surface area contributed by atoms with Gasteiger partial charge in [-0.2, -0.15) is 0 Å². The lowest BCUT2D eigenvalue weighted by Crippen LogP contribution is -2.31. The molecule has 1 fully saturated rings. The van der Waals surface area contributed by atoms with E-state index in [0.29, 0.717) is 12.0 Å². The maximum Gasteiger partial charge on any atom is 0.127 e. The third-order valence-electron chi connectivity index (χ3n) is 4.13. The first-order chi connectivity index (χ1) is 9.08. The Morgan fingerprint density at radius 1 is 1.32 bits per heavy atom. The van der Waals surface area contributed by atoms with Crippen molar-refractivity contribution in [2.24, 2.45) is 5.92 Å². The minimum Gasteiger partial charge on any atom is -0.310 e. The summed E-state index contributed by atoms with van der Waals surface area (Å²) in [5.74, 6) is 0.578. The van der Waals surface area contributed by atoms with Crippen LogP contribution in [0.4, 0.5) is 4.39 Å². The third-order valence-corrected chi connectivity index (χ3v) is 4.13. The van der Waals surface area contributed by atoms with Crippen LogP contribution in [0.5, 0.6) is 0 Å². The van der Waals surface area contributed by atoms with E-state index in [-0.39, 0.29) is 11.9 Å². The van der Waals surface area contributed by atoms with Crippen LogP contribution in [0.2, 0.25) is 0 Å². The van der Waals surface area contributed by atoms with Gasteiger partial charge in [-0.15, -0.1) is 0 Å². The smallest absolute Gasteiger partial charge is 0.127 e. The van der Waals surface area contributed by atoms with Gasteiger partial charge >= 0.3 is 0 Å². The number of halogens is 1. The molecule has 2 atom stereocenters. The summed E-state index contributed by atoms with van der Waals surface area (Å²) < 4.78 is 13.7. The molecule has 1 aromatic rings. The van der Waals surface area contributed by atoms with Crippen molar-refractivity contribution in [2.45, 2.75) is 39.3 Å². The fourth-order valence-electron chi connectivity index (χ4n) is 2.78. The molecular weight excluding hydrogens is 239 g/mol. The molecule has 1 saturated heterocycles. The van der Waals surface area contributed by atoms with Gasteiger partial charge in [-0.05, 0) is 52.3 Å². The Morgan fingerprint density at radius 3 is 2.68 bits per heavy atom. The maximum atomic E-state index is 13.7. The number of nitrogens with zero attached hydrogens (tertiary/aromatic N) is 1. The molecule has 0 aromatic heterocycles. The van der Waals surface area contributed by atoms with Crippen LogP contribution in [0.3, 0.4) is 0 Å². The first-order valence-corrected chi connectivity index (χ1v) is 7.29. The Morgan fingerprint density at radius 2 is 2.05 bits per heavy atom. The van der Waals surface area contributed by atoms with Crippen LogP contribution in [0.1, 0.15) is 38.8 Å². The second kappa shape index (κ2) is 6.49. The molecule has 0 aliphatic carbocycles. The average molecular weight is 264 g/mol. The largest absolute Gasteiger partial charge is 0.310 e. The molecule has 2 rings (SSSR count).